The van der Waals surface area contributed by atoms with Crippen LogP contribution in [-0.2, 0) is 16.1 Å². The molecule has 6 nitrogen and oxygen atoms in total. The molecular weight excluding hydrogens is 481 g/mol. The van der Waals surface area contributed by atoms with Crippen LogP contribution >= 0.6 is 0 Å². The van der Waals surface area contributed by atoms with Crippen LogP contribution in [0.2, 0.25) is 0 Å². The number of rotatable bonds is 10. The predicted octanol–water partition coefficient (Wildman–Crippen LogP) is 5.46. The first-order valence-corrected chi connectivity index (χ1v) is 13.2. The van der Waals surface area contributed by atoms with Crippen molar-refractivity contribution in [1.29, 1.82) is 0 Å². The number of nitrogens with one attached hydrogen (secondary N) is 2. The van der Waals surface area contributed by atoms with Crippen molar-refractivity contribution in [3.63, 3.8) is 0 Å². The Morgan fingerprint density at radius 1 is 1.00 bits per heavy atom. The van der Waals surface area contributed by atoms with E-state index >= 15 is 0 Å². The van der Waals surface area contributed by atoms with Crippen LogP contribution in [0.25, 0.3) is 0 Å². The number of carbonyl (C=O) groups is 2. The Morgan fingerprint density at radius 2 is 1.74 bits per heavy atom. The number of nitrogens with zero attached hydrogens (tertiary/aromatic N) is 1. The number of anilines is 1. The van der Waals surface area contributed by atoms with Crippen LogP contribution in [0.15, 0.2) is 72.8 Å². The third-order valence-corrected chi connectivity index (χ3v) is 7.06. The van der Waals surface area contributed by atoms with Gasteiger partial charge in [-0.3, -0.25) is 14.5 Å². The summed E-state index contributed by atoms with van der Waals surface area (Å²) in [5.41, 5.74) is 2.93. The van der Waals surface area contributed by atoms with Crippen molar-refractivity contribution in [3.8, 4) is 5.75 Å². The highest BCUT2D eigenvalue weighted by molar-refractivity contribution is 6.02. The summed E-state index contributed by atoms with van der Waals surface area (Å²) >= 11 is 0. The fourth-order valence-electron chi connectivity index (χ4n) is 5.02. The van der Waals surface area contributed by atoms with Crippen molar-refractivity contribution >= 4 is 17.5 Å². The molecule has 4 rings (SSSR count). The zero-order valence-corrected chi connectivity index (χ0v) is 22.1. The third kappa shape index (κ3) is 6.98. The lowest BCUT2D eigenvalue weighted by Gasteiger charge is -2.34. The fourth-order valence-corrected chi connectivity index (χ4v) is 5.02. The molecular formula is C31H36FN3O3. The molecule has 0 radical (unpaired) electrons. The second-order valence-corrected chi connectivity index (χ2v) is 9.80. The molecule has 3 aromatic rings. The minimum absolute atomic E-state index is 0.0262. The normalized spacial score (nSPS) is 14.5. The van der Waals surface area contributed by atoms with Gasteiger partial charge in [0.15, 0.2) is 0 Å². The Labute approximate surface area is 224 Å². The lowest BCUT2D eigenvalue weighted by atomic mass is 9.93. The zero-order chi connectivity index (χ0) is 26.9. The van der Waals surface area contributed by atoms with Crippen LogP contribution < -0.4 is 20.3 Å². The fraction of sp³-hybridized carbons (Fsp3) is 0.355. The second kappa shape index (κ2) is 13.2. The standard InChI is InChI=1S/C31H36FN3O3/c1-22-9-6-7-14-28(22)30(31(37)34-25-11-4-3-5-12-25)35(26-13-8-10-24(32)19-26)29(36)21-33-20-23-15-17-27(38-2)18-16-23/h6-10,13-19,25,30,33H,3-5,11-12,20-21H2,1-2H3,(H,34,37). The maximum Gasteiger partial charge on any atom is 0.248 e. The topological polar surface area (TPSA) is 70.7 Å². The molecule has 1 unspecified atom stereocenters. The number of amides is 2. The van der Waals surface area contributed by atoms with Gasteiger partial charge in [-0.15, -0.1) is 0 Å². The van der Waals surface area contributed by atoms with E-state index < -0.39 is 11.9 Å². The number of carbonyl (C=O) groups excluding carboxylic acids is 2. The highest BCUT2D eigenvalue weighted by Crippen LogP contribution is 2.31. The van der Waals surface area contributed by atoms with Gasteiger partial charge < -0.3 is 15.4 Å². The number of methoxy groups -OCH3 is 1. The van der Waals surface area contributed by atoms with E-state index in [0.717, 1.165) is 42.6 Å². The Hall–Kier alpha value is -3.71. The summed E-state index contributed by atoms with van der Waals surface area (Å²) in [6.07, 6.45) is 5.15. The monoisotopic (exact) mass is 517 g/mol. The summed E-state index contributed by atoms with van der Waals surface area (Å²) in [6.45, 7) is 2.35. The summed E-state index contributed by atoms with van der Waals surface area (Å²) in [6, 6.07) is 20.1. The van der Waals surface area contributed by atoms with Crippen LogP contribution in [0.1, 0.15) is 54.8 Å². The Balaban J connectivity index is 1.63. The number of halogens is 1. The van der Waals surface area contributed by atoms with Crippen LogP contribution in [0.5, 0.6) is 5.75 Å². The van der Waals surface area contributed by atoms with Gasteiger partial charge >= 0.3 is 0 Å². The van der Waals surface area contributed by atoms with Gasteiger partial charge in [-0.2, -0.15) is 0 Å². The largest absolute Gasteiger partial charge is 0.497 e. The molecule has 0 bridgehead atoms. The van der Waals surface area contributed by atoms with Crippen molar-refractivity contribution < 1.29 is 18.7 Å². The van der Waals surface area contributed by atoms with Crippen molar-refractivity contribution in [2.45, 2.75) is 57.7 Å². The molecule has 200 valence electrons. The maximum atomic E-state index is 14.4. The van der Waals surface area contributed by atoms with Crippen molar-refractivity contribution in [2.24, 2.45) is 0 Å². The second-order valence-electron chi connectivity index (χ2n) is 9.80. The maximum absolute atomic E-state index is 14.4. The van der Waals surface area contributed by atoms with Gasteiger partial charge in [0, 0.05) is 18.3 Å². The summed E-state index contributed by atoms with van der Waals surface area (Å²) in [5.74, 6) is -0.287. The zero-order valence-electron chi connectivity index (χ0n) is 22.1. The number of ether oxygens (including phenoxy) is 1. The highest BCUT2D eigenvalue weighted by atomic mass is 19.1. The van der Waals surface area contributed by atoms with Crippen LogP contribution in [0.4, 0.5) is 10.1 Å². The van der Waals surface area contributed by atoms with Gasteiger partial charge in [-0.1, -0.05) is 61.7 Å². The van der Waals surface area contributed by atoms with Crippen LogP contribution in [0.3, 0.4) is 0 Å². The van der Waals surface area contributed by atoms with Crippen molar-refractivity contribution in [1.82, 2.24) is 10.6 Å². The minimum atomic E-state index is -0.935. The molecule has 1 fully saturated rings. The molecule has 0 aliphatic heterocycles. The molecule has 0 spiro atoms. The molecule has 1 aliphatic carbocycles. The lowest BCUT2D eigenvalue weighted by molar-refractivity contribution is -0.127. The van der Waals surface area contributed by atoms with Crippen molar-refractivity contribution in [2.75, 3.05) is 18.6 Å². The molecule has 2 N–H and O–H groups in total. The first kappa shape index (κ1) is 27.3. The predicted molar refractivity (Wildman–Crippen MR) is 148 cm³/mol. The van der Waals surface area contributed by atoms with Crippen LogP contribution in [-0.4, -0.2) is 31.5 Å². The Morgan fingerprint density at radius 3 is 2.42 bits per heavy atom. The smallest absolute Gasteiger partial charge is 0.248 e. The minimum Gasteiger partial charge on any atom is -0.497 e. The number of benzene rings is 3. The number of hydrogen-bond acceptors (Lipinski definition) is 4. The Bertz CT molecular complexity index is 1230. The molecule has 0 saturated heterocycles. The molecule has 3 aromatic carbocycles. The average Bonchev–Trinajstić information content (AvgIpc) is 2.93. The van der Waals surface area contributed by atoms with E-state index in [0.29, 0.717) is 17.8 Å². The molecule has 2 amide bonds. The van der Waals surface area contributed by atoms with Crippen molar-refractivity contribution in [3.05, 3.63) is 95.3 Å². The van der Waals surface area contributed by atoms with Gasteiger partial charge in [0.1, 0.15) is 17.6 Å². The Kier molecular flexibility index (Phi) is 9.49. The quantitative estimate of drug-likeness (QED) is 0.375. The van der Waals surface area contributed by atoms with E-state index in [4.69, 9.17) is 4.74 Å². The van der Waals surface area contributed by atoms with E-state index in [1.807, 2.05) is 55.5 Å². The summed E-state index contributed by atoms with van der Waals surface area (Å²) in [5, 5.41) is 6.39. The molecule has 1 aliphatic rings. The van der Waals surface area contributed by atoms with E-state index in [2.05, 4.69) is 10.6 Å². The molecule has 0 aromatic heterocycles. The number of aryl methyl sites for hydroxylation is 1. The van der Waals surface area contributed by atoms with E-state index in [9.17, 15) is 14.0 Å². The summed E-state index contributed by atoms with van der Waals surface area (Å²) < 4.78 is 19.6. The van der Waals surface area contributed by atoms with E-state index in [1.165, 1.54) is 23.5 Å². The molecule has 38 heavy (non-hydrogen) atoms. The molecule has 0 heterocycles. The highest BCUT2D eigenvalue weighted by Gasteiger charge is 2.34. The first-order chi connectivity index (χ1) is 18.5. The lowest BCUT2D eigenvalue weighted by Crippen LogP contribution is -2.49. The van der Waals surface area contributed by atoms with E-state index in [-0.39, 0.29) is 24.4 Å². The average molecular weight is 518 g/mol. The van der Waals surface area contributed by atoms with Gasteiger partial charge in [-0.25, -0.2) is 4.39 Å². The van der Waals surface area contributed by atoms with E-state index in [1.54, 1.807) is 19.2 Å². The molecule has 1 saturated carbocycles. The van der Waals surface area contributed by atoms with Gasteiger partial charge in [0.05, 0.1) is 13.7 Å². The van der Waals surface area contributed by atoms with Crippen LogP contribution in [0, 0.1) is 12.7 Å². The summed E-state index contributed by atoms with van der Waals surface area (Å²) in [7, 11) is 1.61. The van der Waals surface area contributed by atoms with Gasteiger partial charge in [0.2, 0.25) is 11.8 Å². The first-order valence-electron chi connectivity index (χ1n) is 13.2. The molecule has 7 heteroatoms. The van der Waals surface area contributed by atoms with Gasteiger partial charge in [-0.05, 0) is 66.8 Å². The van der Waals surface area contributed by atoms with Gasteiger partial charge in [0.25, 0.3) is 0 Å². The molecule has 1 atom stereocenters. The number of hydrogen-bond donors (Lipinski definition) is 2. The summed E-state index contributed by atoms with van der Waals surface area (Å²) in [4.78, 5) is 29.1. The SMILES string of the molecule is COc1ccc(CNCC(=O)N(c2cccc(F)c2)C(C(=O)NC2CCCCC2)c2ccccc2C)cc1. The third-order valence-electron chi connectivity index (χ3n) is 7.06.